The zero-order chi connectivity index (χ0) is 12.1. The van der Waals surface area contributed by atoms with Gasteiger partial charge in [-0.05, 0) is 24.1 Å². The van der Waals surface area contributed by atoms with Crippen molar-refractivity contribution in [1.82, 2.24) is 15.3 Å². The first-order valence-electron chi connectivity index (χ1n) is 5.40. The largest absolute Gasteiger partial charge is 0.347 e. The third kappa shape index (κ3) is 2.88. The number of carbonyl (C=O) groups excluding carboxylic acids is 1. The Bertz CT molecular complexity index is 495. The molecule has 0 saturated heterocycles. The van der Waals surface area contributed by atoms with Crippen LogP contribution in [0, 0.1) is 0 Å². The molecule has 0 atom stereocenters. The van der Waals surface area contributed by atoms with E-state index in [9.17, 15) is 4.79 Å². The second kappa shape index (κ2) is 5.54. The SMILES string of the molecule is CCc1ncsc1C(=O)NCc1ccncc1. The molecule has 17 heavy (non-hydrogen) atoms. The average molecular weight is 247 g/mol. The maximum atomic E-state index is 11.9. The summed E-state index contributed by atoms with van der Waals surface area (Å²) in [5.41, 5.74) is 3.61. The number of aryl methyl sites for hydroxylation is 1. The number of aromatic nitrogens is 2. The van der Waals surface area contributed by atoms with Gasteiger partial charge in [0.15, 0.2) is 0 Å². The Morgan fingerprint density at radius 1 is 1.41 bits per heavy atom. The van der Waals surface area contributed by atoms with Gasteiger partial charge in [-0.1, -0.05) is 6.92 Å². The highest BCUT2D eigenvalue weighted by Crippen LogP contribution is 2.13. The molecule has 2 aromatic rings. The fraction of sp³-hybridized carbons (Fsp3) is 0.250. The molecule has 2 rings (SSSR count). The van der Waals surface area contributed by atoms with E-state index in [1.165, 1.54) is 11.3 Å². The molecular weight excluding hydrogens is 234 g/mol. The molecule has 0 spiro atoms. The molecule has 0 unspecified atom stereocenters. The minimum absolute atomic E-state index is 0.0545. The Kier molecular flexibility index (Phi) is 3.82. The molecule has 88 valence electrons. The van der Waals surface area contributed by atoms with Gasteiger partial charge in [0.25, 0.3) is 5.91 Å². The Morgan fingerprint density at radius 3 is 2.88 bits per heavy atom. The molecule has 5 heteroatoms. The Labute approximate surface area is 104 Å². The highest BCUT2D eigenvalue weighted by atomic mass is 32.1. The molecule has 0 aromatic carbocycles. The number of nitrogens with zero attached hydrogens (tertiary/aromatic N) is 2. The van der Waals surface area contributed by atoms with Crippen molar-refractivity contribution in [1.29, 1.82) is 0 Å². The van der Waals surface area contributed by atoms with Crippen LogP contribution >= 0.6 is 11.3 Å². The van der Waals surface area contributed by atoms with Crippen LogP contribution < -0.4 is 5.32 Å². The summed E-state index contributed by atoms with van der Waals surface area (Å²) in [7, 11) is 0. The van der Waals surface area contributed by atoms with Gasteiger partial charge in [0.05, 0.1) is 11.2 Å². The van der Waals surface area contributed by atoms with E-state index in [1.807, 2.05) is 19.1 Å². The van der Waals surface area contributed by atoms with Crippen molar-refractivity contribution in [2.45, 2.75) is 19.9 Å². The number of hydrogen-bond acceptors (Lipinski definition) is 4. The minimum Gasteiger partial charge on any atom is -0.347 e. The predicted molar refractivity (Wildman–Crippen MR) is 66.9 cm³/mol. The van der Waals surface area contributed by atoms with Gasteiger partial charge in [-0.25, -0.2) is 4.98 Å². The maximum absolute atomic E-state index is 11.9. The number of amides is 1. The Balaban J connectivity index is 1.98. The summed E-state index contributed by atoms with van der Waals surface area (Å²) in [6.07, 6.45) is 4.21. The van der Waals surface area contributed by atoms with Crippen molar-refractivity contribution in [3.63, 3.8) is 0 Å². The van der Waals surface area contributed by atoms with Crippen molar-refractivity contribution in [2.24, 2.45) is 0 Å². The van der Waals surface area contributed by atoms with Crippen molar-refractivity contribution in [2.75, 3.05) is 0 Å². The van der Waals surface area contributed by atoms with Gasteiger partial charge in [-0.2, -0.15) is 0 Å². The molecule has 0 aliphatic rings. The normalized spacial score (nSPS) is 10.2. The van der Waals surface area contributed by atoms with Crippen LogP contribution in [0.1, 0.15) is 27.9 Å². The molecule has 0 fully saturated rings. The van der Waals surface area contributed by atoms with Crippen LogP contribution in [0.25, 0.3) is 0 Å². The highest BCUT2D eigenvalue weighted by molar-refractivity contribution is 7.11. The van der Waals surface area contributed by atoms with Gasteiger partial charge in [0.2, 0.25) is 0 Å². The van der Waals surface area contributed by atoms with Gasteiger partial charge in [0.1, 0.15) is 4.88 Å². The smallest absolute Gasteiger partial charge is 0.263 e. The maximum Gasteiger partial charge on any atom is 0.263 e. The molecule has 1 amide bonds. The van der Waals surface area contributed by atoms with Crippen molar-refractivity contribution in [3.05, 3.63) is 46.2 Å². The number of thiazole rings is 1. The van der Waals surface area contributed by atoms with Gasteiger partial charge >= 0.3 is 0 Å². The summed E-state index contributed by atoms with van der Waals surface area (Å²) >= 11 is 1.38. The lowest BCUT2D eigenvalue weighted by molar-refractivity contribution is 0.0954. The molecule has 2 heterocycles. The van der Waals surface area contributed by atoms with Crippen LogP contribution in [-0.2, 0) is 13.0 Å². The summed E-state index contributed by atoms with van der Waals surface area (Å²) < 4.78 is 0. The third-order valence-electron chi connectivity index (χ3n) is 2.38. The second-order valence-corrected chi connectivity index (χ2v) is 4.37. The first kappa shape index (κ1) is 11.7. The highest BCUT2D eigenvalue weighted by Gasteiger charge is 2.12. The predicted octanol–water partition coefficient (Wildman–Crippen LogP) is 2.03. The van der Waals surface area contributed by atoms with Gasteiger partial charge < -0.3 is 5.32 Å². The van der Waals surface area contributed by atoms with Crippen molar-refractivity contribution < 1.29 is 4.79 Å². The molecule has 0 aliphatic carbocycles. The standard InChI is InChI=1S/C12H13N3OS/c1-2-10-11(17-8-15-10)12(16)14-7-9-3-5-13-6-4-9/h3-6,8H,2,7H2,1H3,(H,14,16). The fourth-order valence-corrected chi connectivity index (χ4v) is 2.27. The number of pyridine rings is 1. The van der Waals surface area contributed by atoms with Crippen molar-refractivity contribution in [3.8, 4) is 0 Å². The van der Waals surface area contributed by atoms with Crippen LogP contribution in [0.15, 0.2) is 30.0 Å². The summed E-state index contributed by atoms with van der Waals surface area (Å²) in [5, 5.41) is 2.88. The van der Waals surface area contributed by atoms with Crippen LogP contribution in [0.5, 0.6) is 0 Å². The summed E-state index contributed by atoms with van der Waals surface area (Å²) in [5.74, 6) is -0.0545. The quantitative estimate of drug-likeness (QED) is 0.899. The van der Waals surface area contributed by atoms with E-state index in [0.29, 0.717) is 11.4 Å². The Hall–Kier alpha value is -1.75. The van der Waals surface area contributed by atoms with Crippen LogP contribution in [0.2, 0.25) is 0 Å². The van der Waals surface area contributed by atoms with E-state index in [1.54, 1.807) is 17.9 Å². The van der Waals surface area contributed by atoms with Gasteiger partial charge in [0, 0.05) is 18.9 Å². The molecule has 1 N–H and O–H groups in total. The molecule has 2 aromatic heterocycles. The monoisotopic (exact) mass is 247 g/mol. The molecule has 0 radical (unpaired) electrons. The topological polar surface area (TPSA) is 54.9 Å². The lowest BCUT2D eigenvalue weighted by atomic mass is 10.2. The number of rotatable bonds is 4. The zero-order valence-electron chi connectivity index (χ0n) is 9.51. The lowest BCUT2D eigenvalue weighted by Gasteiger charge is -2.04. The molecule has 0 aliphatic heterocycles. The molecule has 0 saturated carbocycles. The second-order valence-electron chi connectivity index (χ2n) is 3.52. The van der Waals surface area contributed by atoms with E-state index >= 15 is 0 Å². The lowest BCUT2D eigenvalue weighted by Crippen LogP contribution is -2.22. The number of nitrogens with one attached hydrogen (secondary N) is 1. The molecular formula is C12H13N3OS. The summed E-state index contributed by atoms with van der Waals surface area (Å²) in [6, 6.07) is 3.77. The first-order chi connectivity index (χ1) is 8.31. The van der Waals surface area contributed by atoms with Crippen molar-refractivity contribution >= 4 is 17.2 Å². The van der Waals surface area contributed by atoms with Crippen LogP contribution in [0.3, 0.4) is 0 Å². The van der Waals surface area contributed by atoms with E-state index in [0.717, 1.165) is 17.7 Å². The van der Waals surface area contributed by atoms with E-state index < -0.39 is 0 Å². The van der Waals surface area contributed by atoms with Gasteiger partial charge in [-0.3, -0.25) is 9.78 Å². The van der Waals surface area contributed by atoms with Crippen LogP contribution in [-0.4, -0.2) is 15.9 Å². The Morgan fingerprint density at radius 2 is 2.18 bits per heavy atom. The van der Waals surface area contributed by atoms with E-state index in [-0.39, 0.29) is 5.91 Å². The van der Waals surface area contributed by atoms with E-state index in [4.69, 9.17) is 0 Å². The van der Waals surface area contributed by atoms with Crippen LogP contribution in [0.4, 0.5) is 0 Å². The average Bonchev–Trinajstić information content (AvgIpc) is 2.85. The minimum atomic E-state index is -0.0545. The summed E-state index contributed by atoms with van der Waals surface area (Å²) in [6.45, 7) is 2.51. The molecule has 0 bridgehead atoms. The summed E-state index contributed by atoms with van der Waals surface area (Å²) in [4.78, 5) is 20.7. The zero-order valence-corrected chi connectivity index (χ0v) is 10.3. The first-order valence-corrected chi connectivity index (χ1v) is 6.28. The molecule has 4 nitrogen and oxygen atoms in total. The number of carbonyl (C=O) groups is 1. The van der Waals surface area contributed by atoms with Gasteiger partial charge in [-0.15, -0.1) is 11.3 Å². The number of hydrogen-bond donors (Lipinski definition) is 1. The fourth-order valence-electron chi connectivity index (χ4n) is 1.47. The third-order valence-corrected chi connectivity index (χ3v) is 3.25. The van der Waals surface area contributed by atoms with E-state index in [2.05, 4.69) is 15.3 Å².